The normalized spacial score (nSPS) is 10.7. The van der Waals surface area contributed by atoms with E-state index in [1.807, 2.05) is 16.9 Å². The Balaban J connectivity index is 2.25. The number of carbonyl (C=O) groups is 1. The summed E-state index contributed by atoms with van der Waals surface area (Å²) >= 11 is 13.7. The Hall–Kier alpha value is -1.24. The fourth-order valence-electron chi connectivity index (χ4n) is 1.95. The molecule has 22 heavy (non-hydrogen) atoms. The molecule has 0 aliphatic carbocycles. The maximum absolute atomic E-state index is 10.8. The number of rotatable bonds is 6. The Labute approximate surface area is 143 Å². The fourth-order valence-corrected chi connectivity index (χ4v) is 2.95. The van der Waals surface area contributed by atoms with Gasteiger partial charge in [-0.3, -0.25) is 9.36 Å². The van der Waals surface area contributed by atoms with E-state index in [2.05, 4.69) is 10.2 Å². The number of ether oxygens (including phenoxy) is 1. The third-order valence-electron chi connectivity index (χ3n) is 2.88. The van der Waals surface area contributed by atoms with Gasteiger partial charge in [-0.25, -0.2) is 0 Å². The molecule has 1 aromatic carbocycles. The molecule has 1 aromatic heterocycles. The number of hydrogen-bond acceptors (Lipinski definition) is 5. The van der Waals surface area contributed by atoms with Gasteiger partial charge in [0.25, 0.3) is 0 Å². The first-order valence-corrected chi connectivity index (χ1v) is 8.58. The first-order valence-electron chi connectivity index (χ1n) is 6.60. The van der Waals surface area contributed by atoms with Crippen LogP contribution in [0.15, 0.2) is 23.4 Å². The van der Waals surface area contributed by atoms with E-state index in [9.17, 15) is 4.79 Å². The second kappa shape index (κ2) is 7.85. The van der Waals surface area contributed by atoms with Crippen LogP contribution < -0.4 is 0 Å². The van der Waals surface area contributed by atoms with Gasteiger partial charge in [0.1, 0.15) is 5.82 Å². The summed E-state index contributed by atoms with van der Waals surface area (Å²) in [5.41, 5.74) is 0.780. The van der Waals surface area contributed by atoms with Crippen molar-refractivity contribution in [2.75, 3.05) is 12.9 Å². The second-order valence-corrected chi connectivity index (χ2v) is 6.09. The lowest BCUT2D eigenvalue weighted by Gasteiger charge is -2.11. The van der Waals surface area contributed by atoms with Gasteiger partial charge >= 0.3 is 5.97 Å². The number of benzene rings is 1. The van der Waals surface area contributed by atoms with Gasteiger partial charge in [0.15, 0.2) is 5.16 Å². The van der Waals surface area contributed by atoms with Gasteiger partial charge in [-0.1, -0.05) is 35.0 Å². The van der Waals surface area contributed by atoms with Crippen LogP contribution in [0, 0.1) is 0 Å². The molecule has 2 aromatic rings. The van der Waals surface area contributed by atoms with Crippen molar-refractivity contribution >= 4 is 40.9 Å². The van der Waals surface area contributed by atoms with E-state index in [1.165, 1.54) is 18.7 Å². The highest BCUT2D eigenvalue weighted by Gasteiger charge is 2.15. The minimum atomic E-state index is -0.285. The van der Waals surface area contributed by atoms with Crippen LogP contribution in [-0.2, 0) is 16.0 Å². The van der Waals surface area contributed by atoms with Crippen LogP contribution >= 0.6 is 35.0 Å². The molecule has 0 atom stereocenters. The zero-order valence-corrected chi connectivity index (χ0v) is 14.5. The maximum atomic E-state index is 10.8. The molecule has 0 radical (unpaired) electrons. The Morgan fingerprint density at radius 1 is 1.36 bits per heavy atom. The fraction of sp³-hybridized carbons (Fsp3) is 0.357. The smallest absolute Gasteiger partial charge is 0.302 e. The summed E-state index contributed by atoms with van der Waals surface area (Å²) in [5.74, 6) is 0.479. The highest BCUT2D eigenvalue weighted by atomic mass is 35.5. The Kier molecular flexibility index (Phi) is 6.11. The first kappa shape index (κ1) is 17.1. The van der Waals surface area contributed by atoms with Crippen molar-refractivity contribution in [3.8, 4) is 5.69 Å². The third-order valence-corrected chi connectivity index (χ3v) is 4.05. The van der Waals surface area contributed by atoms with Crippen molar-refractivity contribution in [2.45, 2.75) is 24.9 Å². The summed E-state index contributed by atoms with van der Waals surface area (Å²) in [5, 5.41) is 10.2. The number of aryl methyl sites for hydroxylation is 1. The van der Waals surface area contributed by atoms with Crippen molar-refractivity contribution in [2.24, 2.45) is 0 Å². The van der Waals surface area contributed by atoms with E-state index in [0.29, 0.717) is 29.5 Å². The lowest BCUT2D eigenvalue weighted by atomic mass is 10.2. The van der Waals surface area contributed by atoms with Gasteiger partial charge in [-0.05, 0) is 30.9 Å². The number of esters is 1. The molecule has 1 heterocycles. The van der Waals surface area contributed by atoms with Crippen LogP contribution in [0.5, 0.6) is 0 Å². The van der Waals surface area contributed by atoms with E-state index in [1.54, 1.807) is 12.1 Å². The van der Waals surface area contributed by atoms with E-state index in [0.717, 1.165) is 16.7 Å². The average Bonchev–Trinajstić information content (AvgIpc) is 2.86. The molecule has 0 bridgehead atoms. The lowest BCUT2D eigenvalue weighted by Crippen LogP contribution is -2.06. The molecule has 2 rings (SSSR count). The topological polar surface area (TPSA) is 57.0 Å². The summed E-state index contributed by atoms with van der Waals surface area (Å²) in [4.78, 5) is 10.8. The molecule has 0 amide bonds. The molecular weight excluding hydrogens is 345 g/mol. The number of carbonyl (C=O) groups excluding carboxylic acids is 1. The molecule has 5 nitrogen and oxygen atoms in total. The number of nitrogens with zero attached hydrogens (tertiary/aromatic N) is 3. The largest absolute Gasteiger partial charge is 0.466 e. The van der Waals surface area contributed by atoms with Crippen LogP contribution in [-0.4, -0.2) is 33.6 Å². The van der Waals surface area contributed by atoms with Crippen molar-refractivity contribution in [1.29, 1.82) is 0 Å². The molecule has 118 valence electrons. The van der Waals surface area contributed by atoms with Crippen LogP contribution in [0.1, 0.15) is 19.2 Å². The van der Waals surface area contributed by atoms with Gasteiger partial charge < -0.3 is 4.74 Å². The zero-order chi connectivity index (χ0) is 16.1. The first-order chi connectivity index (χ1) is 10.5. The SMILES string of the molecule is CSc1nnc(CCCOC(C)=O)n1-c1ccc(Cl)cc1Cl. The van der Waals surface area contributed by atoms with Gasteiger partial charge in [-0.2, -0.15) is 0 Å². The van der Waals surface area contributed by atoms with Crippen LogP contribution in [0.2, 0.25) is 10.0 Å². The van der Waals surface area contributed by atoms with Crippen molar-refractivity contribution in [1.82, 2.24) is 14.8 Å². The van der Waals surface area contributed by atoms with Crippen LogP contribution in [0.25, 0.3) is 5.69 Å². The van der Waals surface area contributed by atoms with Crippen molar-refractivity contribution in [3.63, 3.8) is 0 Å². The Morgan fingerprint density at radius 2 is 2.14 bits per heavy atom. The molecule has 0 N–H and O–H groups in total. The molecule has 0 aliphatic heterocycles. The molecule has 0 spiro atoms. The van der Waals surface area contributed by atoms with E-state index < -0.39 is 0 Å². The van der Waals surface area contributed by atoms with Crippen molar-refractivity contribution < 1.29 is 9.53 Å². The molecule has 0 saturated heterocycles. The molecule has 8 heteroatoms. The van der Waals surface area contributed by atoms with Crippen molar-refractivity contribution in [3.05, 3.63) is 34.1 Å². The number of hydrogen-bond donors (Lipinski definition) is 0. The minimum absolute atomic E-state index is 0.285. The maximum Gasteiger partial charge on any atom is 0.302 e. The third kappa shape index (κ3) is 4.15. The number of halogens is 2. The second-order valence-electron chi connectivity index (χ2n) is 4.48. The average molecular weight is 360 g/mol. The van der Waals surface area contributed by atoms with E-state index in [4.69, 9.17) is 27.9 Å². The summed E-state index contributed by atoms with van der Waals surface area (Å²) in [7, 11) is 0. The Morgan fingerprint density at radius 3 is 2.77 bits per heavy atom. The molecule has 0 aliphatic rings. The van der Waals surface area contributed by atoms with Gasteiger partial charge in [0, 0.05) is 18.4 Å². The zero-order valence-electron chi connectivity index (χ0n) is 12.2. The minimum Gasteiger partial charge on any atom is -0.466 e. The number of thioether (sulfide) groups is 1. The van der Waals surface area contributed by atoms with Gasteiger partial charge in [-0.15, -0.1) is 10.2 Å². The van der Waals surface area contributed by atoms with Crippen LogP contribution in [0.3, 0.4) is 0 Å². The standard InChI is InChI=1S/C14H15Cl2N3O2S/c1-9(20)21-7-3-4-13-17-18-14(22-2)19(13)12-6-5-10(15)8-11(12)16/h5-6,8H,3-4,7H2,1-2H3. The van der Waals surface area contributed by atoms with Gasteiger partial charge in [0.2, 0.25) is 0 Å². The predicted octanol–water partition coefficient (Wildman–Crippen LogP) is 3.79. The number of aromatic nitrogens is 3. The predicted molar refractivity (Wildman–Crippen MR) is 88.1 cm³/mol. The monoisotopic (exact) mass is 359 g/mol. The highest BCUT2D eigenvalue weighted by molar-refractivity contribution is 7.98. The van der Waals surface area contributed by atoms with Gasteiger partial charge in [0.05, 0.1) is 17.3 Å². The summed E-state index contributed by atoms with van der Waals surface area (Å²) in [6, 6.07) is 5.30. The van der Waals surface area contributed by atoms with E-state index >= 15 is 0 Å². The molecule has 0 saturated carbocycles. The highest BCUT2D eigenvalue weighted by Crippen LogP contribution is 2.28. The van der Waals surface area contributed by atoms with Crippen LogP contribution in [0.4, 0.5) is 0 Å². The quantitative estimate of drug-likeness (QED) is 0.446. The Bertz CT molecular complexity index is 676. The molecular formula is C14H15Cl2N3O2S. The molecule has 0 fully saturated rings. The lowest BCUT2D eigenvalue weighted by molar-refractivity contribution is -0.141. The van der Waals surface area contributed by atoms with E-state index in [-0.39, 0.29) is 5.97 Å². The molecule has 0 unspecified atom stereocenters. The summed E-state index contributed by atoms with van der Waals surface area (Å²) in [6.45, 7) is 1.74. The summed E-state index contributed by atoms with van der Waals surface area (Å²) in [6.07, 6.45) is 3.21. The summed E-state index contributed by atoms with van der Waals surface area (Å²) < 4.78 is 6.84.